The Balaban J connectivity index is 2.36. The van der Waals surface area contributed by atoms with Crippen LogP contribution in [-0.2, 0) is 0 Å². The van der Waals surface area contributed by atoms with Gasteiger partial charge in [-0.05, 0) is 26.3 Å². The maximum atomic E-state index is 12.8. The summed E-state index contributed by atoms with van der Waals surface area (Å²) in [6.45, 7) is 7.31. The van der Waals surface area contributed by atoms with Crippen LogP contribution in [0, 0.1) is 18.8 Å². The third kappa shape index (κ3) is 5.75. The number of hydrazine groups is 1. The summed E-state index contributed by atoms with van der Waals surface area (Å²) in [6.07, 6.45) is 6.32. The standard InChI is InChI=1S/C21H25ClFN5/c1-5-7-8-19(20-9-16(22)11-24-15(20)4)14(3)21-25-12-18(13-26-21)28-27-17(6-2)10-23/h9,11-13,17,27-28H,5-6,10H2,1-4H3/b19-14+. The number of rotatable bonds is 7. The summed E-state index contributed by atoms with van der Waals surface area (Å²) in [5.41, 5.74) is 9.85. The van der Waals surface area contributed by atoms with Gasteiger partial charge in [-0.15, -0.1) is 0 Å². The molecule has 0 radical (unpaired) electrons. The van der Waals surface area contributed by atoms with Crippen molar-refractivity contribution in [3.63, 3.8) is 0 Å². The van der Waals surface area contributed by atoms with E-state index in [1.54, 1.807) is 18.6 Å². The van der Waals surface area contributed by atoms with E-state index in [9.17, 15) is 4.39 Å². The van der Waals surface area contributed by atoms with E-state index in [0.29, 0.717) is 23.0 Å². The van der Waals surface area contributed by atoms with Gasteiger partial charge in [-0.1, -0.05) is 37.3 Å². The Labute approximate surface area is 170 Å². The molecular formula is C21H25ClFN5. The van der Waals surface area contributed by atoms with Gasteiger partial charge in [0.2, 0.25) is 0 Å². The molecule has 0 aliphatic heterocycles. The van der Waals surface area contributed by atoms with Crippen LogP contribution in [0.5, 0.6) is 0 Å². The SMILES string of the molecule is CCC#C/C(=C(/C)c1ncc(NNC(CC)CF)cn1)c1cc(Cl)cnc1C. The summed E-state index contributed by atoms with van der Waals surface area (Å²) < 4.78 is 12.8. The number of nitrogens with zero attached hydrogens (tertiary/aromatic N) is 3. The number of allylic oxidation sites excluding steroid dienone is 2. The first kappa shape index (κ1) is 21.8. The van der Waals surface area contributed by atoms with Crippen molar-refractivity contribution in [2.45, 2.75) is 46.6 Å². The summed E-state index contributed by atoms with van der Waals surface area (Å²) in [6, 6.07) is 1.60. The van der Waals surface area contributed by atoms with Crippen molar-refractivity contribution in [2.24, 2.45) is 0 Å². The molecule has 0 spiro atoms. The molecule has 0 fully saturated rings. The average molecular weight is 402 g/mol. The third-order valence-electron chi connectivity index (χ3n) is 4.17. The first-order chi connectivity index (χ1) is 13.5. The number of aryl methyl sites for hydroxylation is 1. The molecule has 1 unspecified atom stereocenters. The molecule has 0 saturated carbocycles. The monoisotopic (exact) mass is 401 g/mol. The first-order valence-corrected chi connectivity index (χ1v) is 9.60. The van der Waals surface area contributed by atoms with Crippen molar-refractivity contribution < 1.29 is 4.39 Å². The van der Waals surface area contributed by atoms with E-state index in [1.807, 2.05) is 33.8 Å². The zero-order chi connectivity index (χ0) is 20.5. The molecular weight excluding hydrogens is 377 g/mol. The summed E-state index contributed by atoms with van der Waals surface area (Å²) in [5, 5.41) is 0.550. The fourth-order valence-corrected chi connectivity index (χ4v) is 2.59. The van der Waals surface area contributed by atoms with Gasteiger partial charge < -0.3 is 5.43 Å². The fraction of sp³-hybridized carbons (Fsp3) is 0.381. The van der Waals surface area contributed by atoms with Gasteiger partial charge in [-0.2, -0.15) is 0 Å². The minimum absolute atomic E-state index is 0.254. The van der Waals surface area contributed by atoms with Crippen LogP contribution in [-0.4, -0.2) is 27.7 Å². The van der Waals surface area contributed by atoms with E-state index in [4.69, 9.17) is 11.6 Å². The van der Waals surface area contributed by atoms with E-state index in [0.717, 1.165) is 28.8 Å². The van der Waals surface area contributed by atoms with Crippen LogP contribution in [0.4, 0.5) is 10.1 Å². The molecule has 0 aliphatic rings. The number of hydrogen-bond donors (Lipinski definition) is 2. The quantitative estimate of drug-likeness (QED) is 0.513. The second-order valence-electron chi connectivity index (χ2n) is 6.27. The Hall–Kier alpha value is -2.49. The molecule has 0 bridgehead atoms. The molecule has 28 heavy (non-hydrogen) atoms. The van der Waals surface area contributed by atoms with Crippen LogP contribution in [0.15, 0.2) is 24.7 Å². The lowest BCUT2D eigenvalue weighted by molar-refractivity contribution is 0.383. The Morgan fingerprint density at radius 1 is 1.21 bits per heavy atom. The third-order valence-corrected chi connectivity index (χ3v) is 4.38. The minimum Gasteiger partial charge on any atom is -0.318 e. The largest absolute Gasteiger partial charge is 0.318 e. The number of nitrogens with one attached hydrogen (secondary N) is 2. The normalized spacial score (nSPS) is 12.6. The van der Waals surface area contributed by atoms with E-state index < -0.39 is 6.67 Å². The van der Waals surface area contributed by atoms with Crippen molar-refractivity contribution in [1.29, 1.82) is 0 Å². The number of aromatic nitrogens is 3. The molecule has 2 heterocycles. The maximum Gasteiger partial charge on any atom is 0.156 e. The zero-order valence-electron chi connectivity index (χ0n) is 16.6. The number of anilines is 1. The van der Waals surface area contributed by atoms with Gasteiger partial charge in [0.15, 0.2) is 5.82 Å². The van der Waals surface area contributed by atoms with Crippen LogP contribution in [0.3, 0.4) is 0 Å². The highest BCUT2D eigenvalue weighted by molar-refractivity contribution is 6.30. The van der Waals surface area contributed by atoms with Crippen molar-refractivity contribution in [2.75, 3.05) is 12.1 Å². The van der Waals surface area contributed by atoms with Crippen LogP contribution >= 0.6 is 11.6 Å². The number of pyridine rings is 1. The van der Waals surface area contributed by atoms with Crippen molar-refractivity contribution >= 4 is 28.4 Å². The smallest absolute Gasteiger partial charge is 0.156 e. The second-order valence-corrected chi connectivity index (χ2v) is 6.70. The number of alkyl halides is 1. The average Bonchev–Trinajstić information content (AvgIpc) is 2.71. The molecule has 0 amide bonds. The lowest BCUT2D eigenvalue weighted by Crippen LogP contribution is -2.35. The molecule has 5 nitrogen and oxygen atoms in total. The van der Waals surface area contributed by atoms with Crippen molar-refractivity contribution in [3.05, 3.63) is 46.8 Å². The molecule has 2 N–H and O–H groups in total. The van der Waals surface area contributed by atoms with E-state index in [-0.39, 0.29) is 6.04 Å². The summed E-state index contributed by atoms with van der Waals surface area (Å²) in [5.74, 6) is 6.87. The number of hydrogen-bond acceptors (Lipinski definition) is 5. The topological polar surface area (TPSA) is 62.7 Å². The molecule has 0 aromatic carbocycles. The lowest BCUT2D eigenvalue weighted by atomic mass is 9.99. The Kier molecular flexibility index (Phi) is 8.37. The molecule has 2 rings (SSSR count). The van der Waals surface area contributed by atoms with Gasteiger partial charge in [0.25, 0.3) is 0 Å². The van der Waals surface area contributed by atoms with E-state index in [1.165, 1.54) is 0 Å². The van der Waals surface area contributed by atoms with Crippen LogP contribution < -0.4 is 10.9 Å². The van der Waals surface area contributed by atoms with Crippen LogP contribution in [0.2, 0.25) is 5.02 Å². The molecule has 0 saturated heterocycles. The molecule has 0 aliphatic carbocycles. The Morgan fingerprint density at radius 2 is 1.93 bits per heavy atom. The van der Waals surface area contributed by atoms with Gasteiger partial charge >= 0.3 is 0 Å². The highest BCUT2D eigenvalue weighted by atomic mass is 35.5. The molecule has 7 heteroatoms. The summed E-state index contributed by atoms with van der Waals surface area (Å²) in [7, 11) is 0. The van der Waals surface area contributed by atoms with Gasteiger partial charge in [0, 0.05) is 35.0 Å². The van der Waals surface area contributed by atoms with E-state index in [2.05, 4.69) is 37.6 Å². The predicted octanol–water partition coefficient (Wildman–Crippen LogP) is 4.84. The Bertz CT molecular complexity index is 880. The molecule has 1 atom stereocenters. The minimum atomic E-state index is -0.448. The van der Waals surface area contributed by atoms with Crippen LogP contribution in [0.25, 0.3) is 11.1 Å². The van der Waals surface area contributed by atoms with Crippen LogP contribution in [0.1, 0.15) is 50.7 Å². The van der Waals surface area contributed by atoms with Gasteiger partial charge in [-0.25, -0.2) is 19.8 Å². The number of halogens is 2. The highest BCUT2D eigenvalue weighted by Gasteiger charge is 2.12. The molecule has 2 aromatic heterocycles. The van der Waals surface area contributed by atoms with Gasteiger partial charge in [0.1, 0.15) is 6.67 Å². The maximum absolute atomic E-state index is 12.8. The van der Waals surface area contributed by atoms with Crippen molar-refractivity contribution in [1.82, 2.24) is 20.4 Å². The van der Waals surface area contributed by atoms with E-state index >= 15 is 0 Å². The fourth-order valence-electron chi connectivity index (χ4n) is 2.43. The Morgan fingerprint density at radius 3 is 2.54 bits per heavy atom. The van der Waals surface area contributed by atoms with Gasteiger partial charge in [0.05, 0.1) is 29.1 Å². The predicted molar refractivity (Wildman–Crippen MR) is 113 cm³/mol. The zero-order valence-corrected chi connectivity index (χ0v) is 17.4. The summed E-state index contributed by atoms with van der Waals surface area (Å²) in [4.78, 5) is 13.2. The lowest BCUT2D eigenvalue weighted by Gasteiger charge is -2.15. The summed E-state index contributed by atoms with van der Waals surface area (Å²) >= 11 is 6.14. The highest BCUT2D eigenvalue weighted by Crippen LogP contribution is 2.27. The molecule has 2 aromatic rings. The van der Waals surface area contributed by atoms with Crippen molar-refractivity contribution in [3.8, 4) is 11.8 Å². The first-order valence-electron chi connectivity index (χ1n) is 9.22. The molecule has 148 valence electrons. The second kappa shape index (κ2) is 10.7. The van der Waals surface area contributed by atoms with Gasteiger partial charge in [-0.3, -0.25) is 4.98 Å².